The summed E-state index contributed by atoms with van der Waals surface area (Å²) in [7, 11) is 0. The number of anilines is 1. The molecule has 4 heteroatoms. The molecule has 0 aliphatic carbocycles. The number of carbonyl (C=O) groups is 1. The van der Waals surface area contributed by atoms with Gasteiger partial charge in [-0.25, -0.2) is 0 Å². The predicted molar refractivity (Wildman–Crippen MR) is 107 cm³/mol. The fraction of sp³-hybridized carbons (Fsp3) is 0.136. The quantitative estimate of drug-likeness (QED) is 0.664. The largest absolute Gasteiger partial charge is 0.333 e. The minimum atomic E-state index is 0.00823. The van der Waals surface area contributed by atoms with Gasteiger partial charge in [0.05, 0.1) is 5.69 Å². The van der Waals surface area contributed by atoms with Gasteiger partial charge in [0.2, 0.25) is 0 Å². The standard InChI is InChI=1S/C22H22N2OS/c1-17(18-10-4-2-5-11-18)23-16-22(25)24-20-14-8-9-15-21(20)26-19-12-6-3-7-13-19/h2-15,17,23H,16H2,1H3,(H,24,25)/p+1/t17-/m1/s1. The molecule has 132 valence electrons. The van der Waals surface area contributed by atoms with E-state index in [4.69, 9.17) is 0 Å². The molecule has 0 aromatic heterocycles. The van der Waals surface area contributed by atoms with Crippen LogP contribution in [0.4, 0.5) is 5.69 Å². The molecular formula is C22H23N2OS+. The molecule has 0 spiro atoms. The SMILES string of the molecule is C[C@@H]([NH2+]CC(=O)Nc1ccccc1Sc1ccccc1)c1ccccc1. The topological polar surface area (TPSA) is 45.7 Å². The van der Waals surface area contributed by atoms with E-state index in [1.807, 2.05) is 60.7 Å². The van der Waals surface area contributed by atoms with Gasteiger partial charge >= 0.3 is 0 Å². The van der Waals surface area contributed by atoms with Gasteiger partial charge in [-0.05, 0) is 31.2 Å². The summed E-state index contributed by atoms with van der Waals surface area (Å²) >= 11 is 1.65. The summed E-state index contributed by atoms with van der Waals surface area (Å²) in [6.07, 6.45) is 0. The molecule has 0 saturated heterocycles. The average molecular weight is 364 g/mol. The van der Waals surface area contributed by atoms with Crippen molar-refractivity contribution in [1.29, 1.82) is 0 Å². The van der Waals surface area contributed by atoms with Gasteiger partial charge in [0.25, 0.3) is 5.91 Å². The lowest BCUT2D eigenvalue weighted by atomic mass is 10.1. The van der Waals surface area contributed by atoms with Crippen LogP contribution in [0.5, 0.6) is 0 Å². The number of nitrogens with two attached hydrogens (primary N) is 1. The van der Waals surface area contributed by atoms with E-state index in [2.05, 4.69) is 41.8 Å². The van der Waals surface area contributed by atoms with E-state index < -0.39 is 0 Å². The Morgan fingerprint density at radius 3 is 2.27 bits per heavy atom. The van der Waals surface area contributed by atoms with Gasteiger partial charge in [0.1, 0.15) is 6.04 Å². The molecule has 0 fully saturated rings. The van der Waals surface area contributed by atoms with Crippen LogP contribution in [-0.4, -0.2) is 12.5 Å². The first-order valence-electron chi connectivity index (χ1n) is 8.72. The van der Waals surface area contributed by atoms with Crippen molar-refractivity contribution < 1.29 is 10.1 Å². The summed E-state index contributed by atoms with van der Waals surface area (Å²) in [5.41, 5.74) is 2.08. The van der Waals surface area contributed by atoms with Crippen LogP contribution in [0, 0.1) is 0 Å². The highest BCUT2D eigenvalue weighted by Gasteiger charge is 2.13. The first-order valence-corrected chi connectivity index (χ1v) is 9.54. The predicted octanol–water partition coefficient (Wildman–Crippen LogP) is 4.10. The second-order valence-corrected chi connectivity index (χ2v) is 7.21. The van der Waals surface area contributed by atoms with E-state index in [1.54, 1.807) is 11.8 Å². The first kappa shape index (κ1) is 18.2. The van der Waals surface area contributed by atoms with Crippen LogP contribution in [0.25, 0.3) is 0 Å². The van der Waals surface area contributed by atoms with Crippen molar-refractivity contribution in [2.24, 2.45) is 0 Å². The van der Waals surface area contributed by atoms with Crippen LogP contribution in [-0.2, 0) is 4.79 Å². The van der Waals surface area contributed by atoms with Crippen LogP contribution < -0.4 is 10.6 Å². The molecule has 0 heterocycles. The second-order valence-electron chi connectivity index (χ2n) is 6.10. The fourth-order valence-corrected chi connectivity index (χ4v) is 3.57. The molecular weight excluding hydrogens is 340 g/mol. The highest BCUT2D eigenvalue weighted by Crippen LogP contribution is 2.33. The molecule has 3 rings (SSSR count). The van der Waals surface area contributed by atoms with E-state index in [0.29, 0.717) is 6.54 Å². The summed E-state index contributed by atoms with van der Waals surface area (Å²) in [4.78, 5) is 14.6. The molecule has 0 radical (unpaired) electrons. The van der Waals surface area contributed by atoms with Gasteiger partial charge in [0.15, 0.2) is 6.54 Å². The van der Waals surface area contributed by atoms with E-state index in [-0.39, 0.29) is 11.9 Å². The maximum atomic E-state index is 12.4. The monoisotopic (exact) mass is 363 g/mol. The highest BCUT2D eigenvalue weighted by molar-refractivity contribution is 7.99. The third-order valence-electron chi connectivity index (χ3n) is 4.11. The second kappa shape index (κ2) is 9.22. The Bertz CT molecular complexity index is 837. The van der Waals surface area contributed by atoms with Crippen LogP contribution in [0.1, 0.15) is 18.5 Å². The summed E-state index contributed by atoms with van der Waals surface area (Å²) < 4.78 is 0. The zero-order valence-corrected chi connectivity index (χ0v) is 15.6. The fourth-order valence-electron chi connectivity index (χ4n) is 2.65. The molecule has 3 aromatic carbocycles. The summed E-state index contributed by atoms with van der Waals surface area (Å²) in [6.45, 7) is 2.50. The van der Waals surface area contributed by atoms with Crippen LogP contribution in [0.3, 0.4) is 0 Å². The number of quaternary nitrogens is 1. The van der Waals surface area contributed by atoms with E-state index in [9.17, 15) is 4.79 Å². The number of hydrogen-bond acceptors (Lipinski definition) is 2. The number of benzene rings is 3. The minimum absolute atomic E-state index is 0.00823. The van der Waals surface area contributed by atoms with Crippen molar-refractivity contribution >= 4 is 23.4 Å². The van der Waals surface area contributed by atoms with Crippen LogP contribution >= 0.6 is 11.8 Å². The number of amides is 1. The van der Waals surface area contributed by atoms with E-state index in [0.717, 1.165) is 15.5 Å². The highest BCUT2D eigenvalue weighted by atomic mass is 32.2. The van der Waals surface area contributed by atoms with Crippen molar-refractivity contribution in [3.8, 4) is 0 Å². The van der Waals surface area contributed by atoms with Gasteiger partial charge in [-0.3, -0.25) is 4.79 Å². The third kappa shape index (κ3) is 5.22. The molecule has 0 aliphatic rings. The normalized spacial score (nSPS) is 11.7. The molecule has 1 amide bonds. The molecule has 1 atom stereocenters. The Morgan fingerprint density at radius 1 is 0.923 bits per heavy atom. The summed E-state index contributed by atoms with van der Waals surface area (Å²) in [5.74, 6) is 0.00823. The lowest BCUT2D eigenvalue weighted by Gasteiger charge is -2.13. The molecule has 26 heavy (non-hydrogen) atoms. The molecule has 0 bridgehead atoms. The molecule has 3 N–H and O–H groups in total. The molecule has 0 unspecified atom stereocenters. The van der Waals surface area contributed by atoms with Crippen molar-refractivity contribution in [2.45, 2.75) is 22.8 Å². The molecule has 3 aromatic rings. The van der Waals surface area contributed by atoms with Gasteiger partial charge in [-0.2, -0.15) is 0 Å². The van der Waals surface area contributed by atoms with E-state index >= 15 is 0 Å². The Hall–Kier alpha value is -2.56. The maximum absolute atomic E-state index is 12.4. The number of hydrogen-bond donors (Lipinski definition) is 2. The minimum Gasteiger partial charge on any atom is -0.333 e. The zero-order chi connectivity index (χ0) is 18.2. The lowest BCUT2D eigenvalue weighted by Crippen LogP contribution is -2.86. The first-order chi connectivity index (χ1) is 12.7. The maximum Gasteiger partial charge on any atom is 0.279 e. The number of para-hydroxylation sites is 1. The van der Waals surface area contributed by atoms with Crippen LogP contribution in [0.15, 0.2) is 94.7 Å². The van der Waals surface area contributed by atoms with Gasteiger partial charge < -0.3 is 10.6 Å². The van der Waals surface area contributed by atoms with Crippen molar-refractivity contribution in [3.05, 3.63) is 90.5 Å². The van der Waals surface area contributed by atoms with Gasteiger partial charge in [-0.15, -0.1) is 0 Å². The number of carbonyl (C=O) groups excluding carboxylic acids is 1. The Kier molecular flexibility index (Phi) is 6.47. The summed E-state index contributed by atoms with van der Waals surface area (Å²) in [6, 6.07) is 28.6. The number of rotatable bonds is 7. The third-order valence-corrected chi connectivity index (χ3v) is 5.20. The Morgan fingerprint density at radius 2 is 1.54 bits per heavy atom. The lowest BCUT2D eigenvalue weighted by molar-refractivity contribution is -0.682. The van der Waals surface area contributed by atoms with Crippen molar-refractivity contribution in [2.75, 3.05) is 11.9 Å². The van der Waals surface area contributed by atoms with Crippen molar-refractivity contribution in [1.82, 2.24) is 0 Å². The van der Waals surface area contributed by atoms with Gasteiger partial charge in [-0.1, -0.05) is 72.4 Å². The van der Waals surface area contributed by atoms with E-state index in [1.165, 1.54) is 5.56 Å². The molecule has 0 saturated carbocycles. The van der Waals surface area contributed by atoms with Crippen LogP contribution in [0.2, 0.25) is 0 Å². The Labute approximate surface area is 158 Å². The average Bonchev–Trinajstić information content (AvgIpc) is 2.69. The Balaban J connectivity index is 1.59. The molecule has 3 nitrogen and oxygen atoms in total. The zero-order valence-electron chi connectivity index (χ0n) is 14.8. The number of nitrogens with one attached hydrogen (secondary N) is 1. The summed E-state index contributed by atoms with van der Waals surface area (Å²) in [5, 5.41) is 5.10. The molecule has 0 aliphatic heterocycles. The smallest absolute Gasteiger partial charge is 0.279 e. The van der Waals surface area contributed by atoms with Gasteiger partial charge in [0, 0.05) is 15.4 Å². The van der Waals surface area contributed by atoms with Crippen molar-refractivity contribution in [3.63, 3.8) is 0 Å².